The molecule has 4 atom stereocenters. The number of ether oxygens (including phenoxy) is 1. The lowest BCUT2D eigenvalue weighted by Crippen LogP contribution is -2.36. The number of rotatable bonds is 22. The predicted molar refractivity (Wildman–Crippen MR) is 138 cm³/mol. The molecule has 1 rings (SSSR count). The first kappa shape index (κ1) is 28.9. The standard InChI is InChI=1S/C28H58N2O/c1-5-7-9-11-13-15-17-19-25(3)29-23-27-21-22-28(31-27)24-30-26(4)20-18-16-14-12-10-8-6-2/h25-30H,5-24H2,1-4H3. The molecule has 0 aromatic heterocycles. The molecule has 0 amide bonds. The van der Waals surface area contributed by atoms with Crippen LogP contribution in [0.4, 0.5) is 0 Å². The van der Waals surface area contributed by atoms with Crippen molar-refractivity contribution in [3.63, 3.8) is 0 Å². The fourth-order valence-electron chi connectivity index (χ4n) is 4.77. The molecule has 1 saturated heterocycles. The topological polar surface area (TPSA) is 33.3 Å². The van der Waals surface area contributed by atoms with E-state index in [4.69, 9.17) is 4.74 Å². The molecular weight excluding hydrogens is 380 g/mol. The largest absolute Gasteiger partial charge is 0.372 e. The molecule has 1 aliphatic heterocycles. The van der Waals surface area contributed by atoms with Crippen LogP contribution in [-0.4, -0.2) is 37.4 Å². The zero-order valence-electron chi connectivity index (χ0n) is 21.9. The third-order valence-electron chi connectivity index (χ3n) is 7.06. The second-order valence-corrected chi connectivity index (χ2v) is 10.4. The molecule has 0 aliphatic carbocycles. The molecule has 1 fully saturated rings. The second kappa shape index (κ2) is 20.5. The maximum Gasteiger partial charge on any atom is 0.0704 e. The van der Waals surface area contributed by atoms with E-state index < -0.39 is 0 Å². The Bertz CT molecular complexity index is 342. The van der Waals surface area contributed by atoms with Crippen LogP contribution in [0.1, 0.15) is 143 Å². The molecule has 1 aliphatic rings. The van der Waals surface area contributed by atoms with Gasteiger partial charge in [-0.25, -0.2) is 0 Å². The average Bonchev–Trinajstić information content (AvgIpc) is 3.23. The van der Waals surface area contributed by atoms with Crippen LogP contribution in [0.2, 0.25) is 0 Å². The van der Waals surface area contributed by atoms with E-state index in [1.54, 1.807) is 0 Å². The van der Waals surface area contributed by atoms with Gasteiger partial charge in [0.25, 0.3) is 0 Å². The third-order valence-corrected chi connectivity index (χ3v) is 7.06. The fourth-order valence-corrected chi connectivity index (χ4v) is 4.77. The van der Waals surface area contributed by atoms with Crippen molar-refractivity contribution < 1.29 is 4.74 Å². The molecule has 2 N–H and O–H groups in total. The molecule has 0 aromatic carbocycles. The van der Waals surface area contributed by atoms with Gasteiger partial charge in [-0.3, -0.25) is 0 Å². The Morgan fingerprint density at radius 1 is 0.581 bits per heavy atom. The van der Waals surface area contributed by atoms with Gasteiger partial charge in [0.2, 0.25) is 0 Å². The minimum Gasteiger partial charge on any atom is -0.372 e. The van der Waals surface area contributed by atoms with Crippen molar-refractivity contribution in [2.75, 3.05) is 13.1 Å². The summed E-state index contributed by atoms with van der Waals surface area (Å²) in [4.78, 5) is 0. The molecular formula is C28H58N2O. The zero-order chi connectivity index (χ0) is 22.6. The molecule has 0 bridgehead atoms. The summed E-state index contributed by atoms with van der Waals surface area (Å²) in [5, 5.41) is 7.46. The van der Waals surface area contributed by atoms with Crippen LogP contribution < -0.4 is 10.6 Å². The van der Waals surface area contributed by atoms with Gasteiger partial charge < -0.3 is 15.4 Å². The van der Waals surface area contributed by atoms with Gasteiger partial charge >= 0.3 is 0 Å². The van der Waals surface area contributed by atoms with E-state index in [9.17, 15) is 0 Å². The van der Waals surface area contributed by atoms with E-state index in [-0.39, 0.29) is 0 Å². The van der Waals surface area contributed by atoms with Crippen molar-refractivity contribution in [3.8, 4) is 0 Å². The smallest absolute Gasteiger partial charge is 0.0704 e. The summed E-state index contributed by atoms with van der Waals surface area (Å²) in [6.07, 6.45) is 25.5. The van der Waals surface area contributed by atoms with Crippen LogP contribution in [0, 0.1) is 0 Å². The summed E-state index contributed by atoms with van der Waals surface area (Å²) in [7, 11) is 0. The quantitative estimate of drug-likeness (QED) is 0.169. The first-order valence-electron chi connectivity index (χ1n) is 14.3. The van der Waals surface area contributed by atoms with E-state index in [1.165, 1.54) is 116 Å². The Morgan fingerprint density at radius 3 is 1.32 bits per heavy atom. The Labute approximate surface area is 196 Å². The summed E-state index contributed by atoms with van der Waals surface area (Å²) >= 11 is 0. The number of hydrogen-bond acceptors (Lipinski definition) is 3. The second-order valence-electron chi connectivity index (χ2n) is 10.4. The van der Waals surface area contributed by atoms with Crippen molar-refractivity contribution in [3.05, 3.63) is 0 Å². The highest BCUT2D eigenvalue weighted by atomic mass is 16.5. The van der Waals surface area contributed by atoms with Crippen molar-refractivity contribution in [1.29, 1.82) is 0 Å². The maximum absolute atomic E-state index is 6.30. The van der Waals surface area contributed by atoms with E-state index in [2.05, 4.69) is 38.3 Å². The first-order chi connectivity index (χ1) is 15.2. The van der Waals surface area contributed by atoms with Gasteiger partial charge in [-0.1, -0.05) is 104 Å². The molecule has 1 heterocycles. The van der Waals surface area contributed by atoms with Gasteiger partial charge in [-0.05, 0) is 39.5 Å². The molecule has 0 spiro atoms. The Morgan fingerprint density at radius 2 is 0.935 bits per heavy atom. The normalized spacial score (nSPS) is 20.9. The van der Waals surface area contributed by atoms with Crippen LogP contribution in [-0.2, 0) is 4.74 Å². The highest BCUT2D eigenvalue weighted by Gasteiger charge is 2.25. The summed E-state index contributed by atoms with van der Waals surface area (Å²) in [6.45, 7) is 11.3. The average molecular weight is 439 g/mol. The highest BCUT2D eigenvalue weighted by Crippen LogP contribution is 2.19. The van der Waals surface area contributed by atoms with Crippen molar-refractivity contribution in [2.45, 2.75) is 168 Å². The van der Waals surface area contributed by atoms with E-state index in [0.717, 1.165) is 13.1 Å². The molecule has 0 aromatic rings. The molecule has 31 heavy (non-hydrogen) atoms. The van der Waals surface area contributed by atoms with Gasteiger partial charge in [-0.2, -0.15) is 0 Å². The van der Waals surface area contributed by atoms with Crippen LogP contribution in [0.3, 0.4) is 0 Å². The Hall–Kier alpha value is -0.120. The molecule has 3 nitrogen and oxygen atoms in total. The van der Waals surface area contributed by atoms with Crippen LogP contribution in [0.25, 0.3) is 0 Å². The number of nitrogens with one attached hydrogen (secondary N) is 2. The van der Waals surface area contributed by atoms with Gasteiger partial charge in [0, 0.05) is 25.2 Å². The monoisotopic (exact) mass is 438 g/mol. The Balaban J connectivity index is 1.94. The van der Waals surface area contributed by atoms with Crippen molar-refractivity contribution in [1.82, 2.24) is 10.6 Å². The highest BCUT2D eigenvalue weighted by molar-refractivity contribution is 4.79. The molecule has 186 valence electrons. The van der Waals surface area contributed by atoms with Gasteiger partial charge in [-0.15, -0.1) is 0 Å². The summed E-state index contributed by atoms with van der Waals surface area (Å²) in [6, 6.07) is 1.25. The van der Waals surface area contributed by atoms with Crippen LogP contribution in [0.5, 0.6) is 0 Å². The van der Waals surface area contributed by atoms with E-state index in [1.807, 2.05) is 0 Å². The lowest BCUT2D eigenvalue weighted by molar-refractivity contribution is 0.0429. The minimum atomic E-state index is 0.418. The van der Waals surface area contributed by atoms with Crippen LogP contribution >= 0.6 is 0 Å². The third kappa shape index (κ3) is 17.1. The van der Waals surface area contributed by atoms with Gasteiger partial charge in [0.05, 0.1) is 12.2 Å². The SMILES string of the molecule is CCCCCCCCCC(C)NCC1CCC(CNC(C)CCCCCCCCC)O1. The summed E-state index contributed by atoms with van der Waals surface area (Å²) < 4.78 is 6.30. The minimum absolute atomic E-state index is 0.418. The number of unbranched alkanes of at least 4 members (excludes halogenated alkanes) is 12. The summed E-state index contributed by atoms with van der Waals surface area (Å²) in [5.41, 5.74) is 0. The number of hydrogen-bond donors (Lipinski definition) is 2. The molecule has 0 saturated carbocycles. The zero-order valence-corrected chi connectivity index (χ0v) is 21.9. The van der Waals surface area contributed by atoms with Crippen molar-refractivity contribution in [2.24, 2.45) is 0 Å². The molecule has 3 heteroatoms. The van der Waals surface area contributed by atoms with Crippen molar-refractivity contribution >= 4 is 0 Å². The maximum atomic E-state index is 6.30. The lowest BCUT2D eigenvalue weighted by Gasteiger charge is -2.20. The fraction of sp³-hybridized carbons (Fsp3) is 1.00. The van der Waals surface area contributed by atoms with E-state index >= 15 is 0 Å². The first-order valence-corrected chi connectivity index (χ1v) is 14.3. The molecule has 4 unspecified atom stereocenters. The van der Waals surface area contributed by atoms with Crippen LogP contribution in [0.15, 0.2) is 0 Å². The van der Waals surface area contributed by atoms with Gasteiger partial charge in [0.15, 0.2) is 0 Å². The van der Waals surface area contributed by atoms with E-state index in [0.29, 0.717) is 24.3 Å². The summed E-state index contributed by atoms with van der Waals surface area (Å²) in [5.74, 6) is 0. The lowest BCUT2D eigenvalue weighted by atomic mass is 10.1. The molecule has 0 radical (unpaired) electrons. The predicted octanol–water partition coefficient (Wildman–Crippen LogP) is 7.77. The Kier molecular flexibility index (Phi) is 19.1. The van der Waals surface area contributed by atoms with Gasteiger partial charge in [0.1, 0.15) is 0 Å².